The zero-order valence-corrected chi connectivity index (χ0v) is 47.1. The number of rotatable bonds is 46. The van der Waals surface area contributed by atoms with E-state index in [1.54, 1.807) is 7.05 Å². The highest BCUT2D eigenvalue weighted by molar-refractivity contribution is 5.80. The molecule has 0 spiro atoms. The summed E-state index contributed by atoms with van der Waals surface area (Å²) in [5.41, 5.74) is -1.81. The molecule has 10 nitrogen and oxygen atoms in total. The number of nitrogens with one attached hydrogen (secondary N) is 2. The van der Waals surface area contributed by atoms with E-state index in [1.807, 2.05) is 0 Å². The van der Waals surface area contributed by atoms with Gasteiger partial charge < -0.3 is 24.8 Å². The molecule has 1 aromatic carbocycles. The highest BCUT2D eigenvalue weighted by Crippen LogP contribution is 2.70. The molecule has 4 saturated carbocycles. The number of carbonyl (C=O) groups excluding carboxylic acids is 3. The second kappa shape index (κ2) is 34.6. The zero-order chi connectivity index (χ0) is 51.9. The number of esters is 3. The lowest BCUT2D eigenvalue weighted by atomic mass is 9.40. The third kappa shape index (κ3) is 22.1. The summed E-state index contributed by atoms with van der Waals surface area (Å²) in [4.78, 5) is 65.4. The van der Waals surface area contributed by atoms with Gasteiger partial charge in [-0.05, 0) is 82.0 Å². The van der Waals surface area contributed by atoms with Gasteiger partial charge in [-0.2, -0.15) is 0 Å². The van der Waals surface area contributed by atoms with Gasteiger partial charge >= 0.3 is 17.9 Å². The van der Waals surface area contributed by atoms with Crippen LogP contribution >= 0.6 is 0 Å². The number of unbranched alkanes of at least 4 members (excludes halogenated alkanes) is 24. The second-order valence-corrected chi connectivity index (χ2v) is 24.3. The lowest BCUT2D eigenvalue weighted by molar-refractivity contribution is -0.212. The van der Waals surface area contributed by atoms with E-state index in [0.29, 0.717) is 43.8 Å². The molecule has 0 aliphatic heterocycles. The number of hydrogen-bond donors (Lipinski definition) is 2. The van der Waals surface area contributed by atoms with E-state index in [1.165, 1.54) is 180 Å². The van der Waals surface area contributed by atoms with Crippen LogP contribution in [0.5, 0.6) is 0 Å². The lowest BCUT2D eigenvalue weighted by Crippen LogP contribution is -2.61. The van der Waals surface area contributed by atoms with Crippen LogP contribution in [-0.4, -0.2) is 51.3 Å². The van der Waals surface area contributed by atoms with E-state index >= 15 is 0 Å². The normalized spacial score (nSPS) is 21.2. The molecule has 4 aliphatic rings. The summed E-state index contributed by atoms with van der Waals surface area (Å²) in [7, 11) is 1.58. The van der Waals surface area contributed by atoms with E-state index in [0.717, 1.165) is 64.2 Å². The van der Waals surface area contributed by atoms with E-state index in [4.69, 9.17) is 14.2 Å². The molecule has 0 radical (unpaired) electrons. The van der Waals surface area contributed by atoms with Crippen molar-refractivity contribution in [2.45, 2.75) is 285 Å². The molecule has 4 fully saturated rings. The molecule has 0 aromatic heterocycles. The van der Waals surface area contributed by atoms with Crippen molar-refractivity contribution in [3.63, 3.8) is 0 Å². The molecule has 2 atom stereocenters. The van der Waals surface area contributed by atoms with Crippen molar-refractivity contribution >= 4 is 29.3 Å². The molecular formula is C62H108N2O8. The molecule has 2 unspecified atom stereocenters. The molecule has 72 heavy (non-hydrogen) atoms. The third-order valence-electron chi connectivity index (χ3n) is 17.4. The highest BCUT2D eigenvalue weighted by atomic mass is 16.5. The van der Waals surface area contributed by atoms with Crippen LogP contribution in [0.25, 0.3) is 0 Å². The fraction of sp³-hybridized carbons (Fsp3) is 0.887. The number of hydrogen-bond acceptors (Lipinski definition) is 10. The van der Waals surface area contributed by atoms with Gasteiger partial charge in [0.1, 0.15) is 17.9 Å². The third-order valence-corrected chi connectivity index (χ3v) is 17.4. The van der Waals surface area contributed by atoms with Crippen molar-refractivity contribution in [3.8, 4) is 0 Å². The molecule has 4 bridgehead atoms. The molecule has 2 N–H and O–H groups in total. The maximum atomic E-state index is 14.0. The minimum absolute atomic E-state index is 0.0825. The fourth-order valence-corrected chi connectivity index (χ4v) is 14.1. The van der Waals surface area contributed by atoms with E-state index in [-0.39, 0.29) is 52.7 Å². The zero-order valence-electron chi connectivity index (χ0n) is 47.1. The van der Waals surface area contributed by atoms with Crippen LogP contribution in [0.2, 0.25) is 0 Å². The van der Waals surface area contributed by atoms with Gasteiger partial charge in [0, 0.05) is 36.1 Å². The molecule has 414 valence electrons. The lowest BCUT2D eigenvalue weighted by Gasteiger charge is -2.66. The van der Waals surface area contributed by atoms with Gasteiger partial charge in [-0.3, -0.25) is 24.0 Å². The van der Waals surface area contributed by atoms with Crippen molar-refractivity contribution in [2.75, 3.05) is 44.0 Å². The molecule has 0 saturated heterocycles. The minimum Gasteiger partial charge on any atom is -0.465 e. The van der Waals surface area contributed by atoms with Gasteiger partial charge in [-0.1, -0.05) is 207 Å². The molecule has 5 rings (SSSR count). The molecule has 1 aromatic rings. The molecular weight excluding hydrogens is 901 g/mol. The largest absolute Gasteiger partial charge is 0.465 e. The summed E-state index contributed by atoms with van der Waals surface area (Å²) in [5, 5.41) is 5.57. The fourth-order valence-electron chi connectivity index (χ4n) is 14.1. The van der Waals surface area contributed by atoms with E-state index in [2.05, 4.69) is 38.3 Å². The monoisotopic (exact) mass is 1010 g/mol. The quantitative estimate of drug-likeness (QED) is 0.0281. The summed E-state index contributed by atoms with van der Waals surface area (Å²) >= 11 is 0. The number of ether oxygens (including phenoxy) is 3. The molecule has 10 heteroatoms. The predicted octanol–water partition coefficient (Wildman–Crippen LogP) is 15.9. The second-order valence-electron chi connectivity index (χ2n) is 24.3. The maximum Gasteiger partial charge on any atom is 0.325 e. The van der Waals surface area contributed by atoms with Gasteiger partial charge in [0.05, 0.1) is 19.8 Å². The Balaban J connectivity index is 1.42. The summed E-state index contributed by atoms with van der Waals surface area (Å²) in [6.07, 6.45) is 46.1. The number of carbonyl (C=O) groups is 3. The van der Waals surface area contributed by atoms with Crippen LogP contribution in [-0.2, 0) is 28.6 Å². The first kappa shape index (κ1) is 61.6. The molecule has 0 amide bonds. The Hall–Kier alpha value is -2.91. The van der Waals surface area contributed by atoms with Gasteiger partial charge in [0.2, 0.25) is 0 Å². The van der Waals surface area contributed by atoms with Gasteiger partial charge in [-0.25, -0.2) is 0 Å². The first-order valence-corrected chi connectivity index (χ1v) is 30.7. The minimum atomic E-state index is -0.634. The van der Waals surface area contributed by atoms with E-state index in [9.17, 15) is 24.0 Å². The summed E-state index contributed by atoms with van der Waals surface area (Å²) in [6.45, 7) is 9.76. The first-order chi connectivity index (χ1) is 34.9. The Morgan fingerprint density at radius 1 is 0.444 bits per heavy atom. The number of anilines is 2. The van der Waals surface area contributed by atoms with Crippen LogP contribution in [0.1, 0.15) is 285 Å². The SMILES string of the molecule is CCCCCCCCCC(CCCCCCCCC)CC(=O)OCC12CC3CC(COC(=O)CNc4c(NC)c(=O)c4=O)(C1)CC(COC(=O)CC(CCCCCCCCC)CCCCCCCCC)(C3)C2. The predicted molar refractivity (Wildman–Crippen MR) is 297 cm³/mol. The Morgan fingerprint density at radius 2 is 0.736 bits per heavy atom. The van der Waals surface area contributed by atoms with Crippen LogP contribution < -0.4 is 21.5 Å². The molecule has 0 heterocycles. The maximum absolute atomic E-state index is 14.0. The van der Waals surface area contributed by atoms with Crippen LogP contribution in [0, 0.1) is 34.0 Å². The topological polar surface area (TPSA) is 137 Å². The van der Waals surface area contributed by atoms with E-state index < -0.39 is 16.8 Å². The van der Waals surface area contributed by atoms with Gasteiger partial charge in [-0.15, -0.1) is 0 Å². The Morgan fingerprint density at radius 3 is 1.06 bits per heavy atom. The summed E-state index contributed by atoms with van der Waals surface area (Å²) in [5.74, 6) is 0.393. The summed E-state index contributed by atoms with van der Waals surface area (Å²) in [6, 6.07) is 0. The summed E-state index contributed by atoms with van der Waals surface area (Å²) < 4.78 is 18.9. The Labute approximate surface area is 439 Å². The van der Waals surface area contributed by atoms with Crippen LogP contribution in [0.4, 0.5) is 11.4 Å². The average Bonchev–Trinajstić information content (AvgIpc) is 3.36. The van der Waals surface area contributed by atoms with Crippen LogP contribution in [0.15, 0.2) is 9.59 Å². The van der Waals surface area contributed by atoms with Crippen molar-refractivity contribution in [1.29, 1.82) is 0 Å². The smallest absolute Gasteiger partial charge is 0.325 e. The van der Waals surface area contributed by atoms with Crippen molar-refractivity contribution < 1.29 is 28.6 Å². The van der Waals surface area contributed by atoms with Crippen molar-refractivity contribution in [1.82, 2.24) is 0 Å². The van der Waals surface area contributed by atoms with Gasteiger partial charge in [0.15, 0.2) is 0 Å². The van der Waals surface area contributed by atoms with Crippen molar-refractivity contribution in [2.24, 2.45) is 34.0 Å². The van der Waals surface area contributed by atoms with Crippen molar-refractivity contribution in [3.05, 3.63) is 20.4 Å². The Kier molecular flexibility index (Phi) is 29.6. The molecule has 4 aliphatic carbocycles. The average molecular weight is 1010 g/mol. The standard InChI is InChI=1S/C62H108N2O8/c1-6-10-14-18-22-26-30-34-50(35-31-27-23-19-15-11-7-2)38-53(65)70-47-60-40-52-41-61(44-60,46-62(42-52,45-60)49-72-55(67)43-64-57-56(63-5)58(68)59(57)69)48-71-54(66)39-51(36-32-28-24-20-16-12-8-3)37-33-29-25-21-17-13-9-4/h50-52,63-64H,6-49H2,1-5H3. The first-order valence-electron chi connectivity index (χ1n) is 30.7. The van der Waals surface area contributed by atoms with Gasteiger partial charge in [0.25, 0.3) is 10.9 Å². The Bertz CT molecular complexity index is 1630. The van der Waals surface area contributed by atoms with Crippen LogP contribution in [0.3, 0.4) is 0 Å². The highest BCUT2D eigenvalue weighted by Gasteiger charge is 2.64.